The molecule has 0 aromatic heterocycles. The molecule has 1 saturated heterocycles. The van der Waals surface area contributed by atoms with Crippen LogP contribution in [0.4, 0.5) is 4.79 Å². The maximum Gasteiger partial charge on any atom is 0.408 e. The van der Waals surface area contributed by atoms with E-state index < -0.39 is 47.4 Å². The molecule has 230 valence electrons. The summed E-state index contributed by atoms with van der Waals surface area (Å²) < 4.78 is 5.52. The van der Waals surface area contributed by atoms with Crippen LogP contribution in [0.25, 0.3) is 0 Å². The van der Waals surface area contributed by atoms with Gasteiger partial charge in [-0.25, -0.2) is 4.79 Å². The minimum atomic E-state index is -1.07. The summed E-state index contributed by atoms with van der Waals surface area (Å²) in [4.78, 5) is 67.2. The smallest absolute Gasteiger partial charge is 0.408 e. The van der Waals surface area contributed by atoms with Gasteiger partial charge in [0.2, 0.25) is 17.6 Å². The van der Waals surface area contributed by atoms with Crippen LogP contribution in [0.15, 0.2) is 0 Å². The van der Waals surface area contributed by atoms with Crippen molar-refractivity contribution in [1.82, 2.24) is 15.5 Å². The first-order valence-corrected chi connectivity index (χ1v) is 15.4. The Labute approximate surface area is 244 Å². The van der Waals surface area contributed by atoms with E-state index in [4.69, 9.17) is 10.5 Å². The molecule has 4 amide bonds. The van der Waals surface area contributed by atoms with Gasteiger partial charge in [0.25, 0.3) is 5.91 Å². The van der Waals surface area contributed by atoms with Crippen molar-refractivity contribution in [1.29, 1.82) is 0 Å². The number of rotatable bonds is 9. The number of fused-ring (bicyclic) bond motifs is 1. The molecule has 10 heteroatoms. The van der Waals surface area contributed by atoms with Crippen LogP contribution in [-0.2, 0) is 23.9 Å². The Morgan fingerprint density at radius 2 is 1.59 bits per heavy atom. The standard InChI is InChI=1S/C31H50N4O6/c1-29(2,3)41-28(40)34-22(18-11-13-30(4,5)14-12-18)27(39)35-16-19-21(31(19,6)7)23(35)26(38)33-20(24(36)25(32)37)15-17-9-8-10-17/h17-23H,8-16H2,1-7H3,(H2,32,37)(H,33,38)(H,34,40)/t19?,20?,21?,22-,23-/m0/s1. The van der Waals surface area contributed by atoms with Crippen molar-refractivity contribution in [2.24, 2.45) is 40.2 Å². The summed E-state index contributed by atoms with van der Waals surface area (Å²) in [5, 5.41) is 5.70. The summed E-state index contributed by atoms with van der Waals surface area (Å²) in [6.45, 7) is 14.3. The molecular formula is C31H50N4O6. The molecule has 3 saturated carbocycles. The molecule has 5 atom stereocenters. The van der Waals surface area contributed by atoms with Crippen molar-refractivity contribution in [2.75, 3.05) is 6.54 Å². The van der Waals surface area contributed by atoms with E-state index in [1.807, 2.05) is 0 Å². The van der Waals surface area contributed by atoms with Gasteiger partial charge in [-0.2, -0.15) is 0 Å². The third kappa shape index (κ3) is 6.88. The average Bonchev–Trinajstić information content (AvgIpc) is 3.15. The summed E-state index contributed by atoms with van der Waals surface area (Å²) in [6, 6.07) is -2.62. The molecule has 1 heterocycles. The monoisotopic (exact) mass is 574 g/mol. The Balaban J connectivity index is 1.57. The van der Waals surface area contributed by atoms with Crippen LogP contribution in [0.3, 0.4) is 0 Å². The van der Waals surface area contributed by atoms with E-state index in [0.29, 0.717) is 13.0 Å². The van der Waals surface area contributed by atoms with E-state index in [9.17, 15) is 24.0 Å². The Hall–Kier alpha value is -2.65. The molecule has 0 spiro atoms. The third-order valence-corrected chi connectivity index (χ3v) is 10.2. The van der Waals surface area contributed by atoms with Crippen LogP contribution < -0.4 is 16.4 Å². The number of hydrogen-bond donors (Lipinski definition) is 3. The number of ether oxygens (including phenoxy) is 1. The molecule has 0 radical (unpaired) electrons. The first-order chi connectivity index (χ1) is 18.9. The van der Waals surface area contributed by atoms with Crippen molar-refractivity contribution in [3.8, 4) is 0 Å². The van der Waals surface area contributed by atoms with Gasteiger partial charge in [0.05, 0.1) is 6.04 Å². The van der Waals surface area contributed by atoms with E-state index in [1.165, 1.54) is 0 Å². The molecule has 4 fully saturated rings. The normalized spacial score (nSPS) is 28.5. The van der Waals surface area contributed by atoms with Gasteiger partial charge in [0, 0.05) is 6.54 Å². The summed E-state index contributed by atoms with van der Waals surface area (Å²) in [5.41, 5.74) is 4.63. The van der Waals surface area contributed by atoms with Crippen LogP contribution in [-0.4, -0.2) is 64.8 Å². The van der Waals surface area contributed by atoms with Crippen molar-refractivity contribution < 1.29 is 28.7 Å². The largest absolute Gasteiger partial charge is 0.444 e. The molecule has 4 rings (SSSR count). The van der Waals surface area contributed by atoms with Gasteiger partial charge >= 0.3 is 6.09 Å². The highest BCUT2D eigenvalue weighted by molar-refractivity contribution is 6.37. The first kappa shape index (κ1) is 31.3. The summed E-state index contributed by atoms with van der Waals surface area (Å²) in [7, 11) is 0. The number of nitrogens with two attached hydrogens (primary N) is 1. The highest BCUT2D eigenvalue weighted by Gasteiger charge is 2.69. The zero-order valence-electron chi connectivity index (χ0n) is 25.9. The quantitative estimate of drug-likeness (QED) is 0.360. The van der Waals surface area contributed by atoms with Crippen LogP contribution in [0.2, 0.25) is 0 Å². The Morgan fingerprint density at radius 3 is 2.10 bits per heavy atom. The average molecular weight is 575 g/mol. The van der Waals surface area contributed by atoms with E-state index in [-0.39, 0.29) is 40.4 Å². The van der Waals surface area contributed by atoms with Crippen molar-refractivity contribution in [2.45, 2.75) is 124 Å². The van der Waals surface area contributed by atoms with E-state index in [2.05, 4.69) is 38.3 Å². The van der Waals surface area contributed by atoms with Gasteiger partial charge in [0.1, 0.15) is 17.7 Å². The van der Waals surface area contributed by atoms with Crippen LogP contribution in [0.5, 0.6) is 0 Å². The highest BCUT2D eigenvalue weighted by atomic mass is 16.6. The van der Waals surface area contributed by atoms with E-state index in [1.54, 1.807) is 25.7 Å². The van der Waals surface area contributed by atoms with Crippen molar-refractivity contribution in [3.05, 3.63) is 0 Å². The number of likely N-dealkylation sites (tertiary alicyclic amines) is 1. The minimum Gasteiger partial charge on any atom is -0.444 e. The summed E-state index contributed by atoms with van der Waals surface area (Å²) >= 11 is 0. The molecule has 0 bridgehead atoms. The lowest BCUT2D eigenvalue weighted by Gasteiger charge is -2.40. The molecule has 10 nitrogen and oxygen atoms in total. The van der Waals surface area contributed by atoms with Crippen molar-refractivity contribution in [3.63, 3.8) is 0 Å². The Kier molecular flexibility index (Phi) is 8.56. The Bertz CT molecular complexity index is 1060. The van der Waals surface area contributed by atoms with Gasteiger partial charge in [-0.05, 0) is 87.4 Å². The fourth-order valence-corrected chi connectivity index (χ4v) is 7.28. The number of amides is 4. The molecule has 4 aliphatic rings. The van der Waals surface area contributed by atoms with Gasteiger partial charge in [-0.1, -0.05) is 47.0 Å². The van der Waals surface area contributed by atoms with Gasteiger partial charge < -0.3 is 26.0 Å². The second-order valence-corrected chi connectivity index (χ2v) is 15.3. The molecule has 1 aliphatic heterocycles. The zero-order valence-corrected chi connectivity index (χ0v) is 25.9. The SMILES string of the molecule is CC1(C)CCC([C@H](NC(=O)OC(C)(C)C)C(=O)N2CC3C([C@H]2C(=O)NC(CC2CCC2)C(=O)C(N)=O)C3(C)C)CC1. The Morgan fingerprint density at radius 1 is 0.976 bits per heavy atom. The van der Waals surface area contributed by atoms with Gasteiger partial charge in [0.15, 0.2) is 0 Å². The predicted octanol–water partition coefficient (Wildman–Crippen LogP) is 3.31. The first-order valence-electron chi connectivity index (χ1n) is 15.4. The number of primary amides is 1. The lowest BCUT2D eigenvalue weighted by molar-refractivity contribution is -0.145. The zero-order chi connectivity index (χ0) is 30.5. The summed E-state index contributed by atoms with van der Waals surface area (Å²) in [5.74, 6) is -2.37. The molecule has 41 heavy (non-hydrogen) atoms. The van der Waals surface area contributed by atoms with E-state index in [0.717, 1.165) is 44.9 Å². The molecule has 0 aromatic rings. The molecule has 4 N–H and O–H groups in total. The number of alkyl carbamates (subject to hydrolysis) is 1. The van der Waals surface area contributed by atoms with Gasteiger partial charge in [-0.3, -0.25) is 19.2 Å². The van der Waals surface area contributed by atoms with E-state index >= 15 is 0 Å². The van der Waals surface area contributed by atoms with Gasteiger partial charge in [-0.15, -0.1) is 0 Å². The number of carbonyl (C=O) groups excluding carboxylic acids is 5. The second-order valence-electron chi connectivity index (χ2n) is 15.3. The van der Waals surface area contributed by atoms with Crippen LogP contribution >= 0.6 is 0 Å². The number of piperidine rings is 1. The maximum atomic E-state index is 14.3. The maximum absolute atomic E-state index is 14.3. The topological polar surface area (TPSA) is 148 Å². The fraction of sp³-hybridized carbons (Fsp3) is 0.839. The summed E-state index contributed by atoms with van der Waals surface area (Å²) in [6.07, 6.45) is 6.07. The van der Waals surface area contributed by atoms with Crippen LogP contribution in [0.1, 0.15) is 99.8 Å². The lowest BCUT2D eigenvalue weighted by Crippen LogP contribution is -2.60. The number of nitrogens with one attached hydrogen (secondary N) is 2. The molecule has 3 unspecified atom stereocenters. The fourth-order valence-electron chi connectivity index (χ4n) is 7.28. The predicted molar refractivity (Wildman–Crippen MR) is 153 cm³/mol. The molecular weight excluding hydrogens is 524 g/mol. The number of nitrogens with zero attached hydrogens (tertiary/aromatic N) is 1. The molecule has 0 aromatic carbocycles. The highest BCUT2D eigenvalue weighted by Crippen LogP contribution is 2.65. The number of hydrogen-bond acceptors (Lipinski definition) is 6. The second kappa shape index (κ2) is 11.2. The third-order valence-electron chi connectivity index (χ3n) is 10.2. The van der Waals surface area contributed by atoms with Crippen LogP contribution in [0, 0.1) is 34.5 Å². The number of carbonyl (C=O) groups is 5. The minimum absolute atomic E-state index is 0.0769. The number of ketones is 1. The lowest BCUT2D eigenvalue weighted by atomic mass is 9.71. The number of Topliss-reactive ketones (excluding diaryl/α,β-unsaturated/α-hetero) is 1. The molecule has 3 aliphatic carbocycles. The van der Waals surface area contributed by atoms with Crippen molar-refractivity contribution >= 4 is 29.6 Å².